The second-order valence-electron chi connectivity index (χ2n) is 5.53. The maximum absolute atomic E-state index is 12.1. The minimum Gasteiger partial charge on any atom is -0.409 e. The molecule has 0 bridgehead atoms. The lowest BCUT2D eigenvalue weighted by Gasteiger charge is -2.23. The zero-order chi connectivity index (χ0) is 14.8. The van der Waals surface area contributed by atoms with E-state index in [2.05, 4.69) is 10.5 Å². The van der Waals surface area contributed by atoms with Crippen LogP contribution in [0.3, 0.4) is 0 Å². The molecule has 108 valence electrons. The number of hydrogen-bond acceptors (Lipinski definition) is 4. The first-order chi connectivity index (χ1) is 9.44. The van der Waals surface area contributed by atoms with Crippen molar-refractivity contribution < 1.29 is 14.7 Å². The van der Waals surface area contributed by atoms with Gasteiger partial charge in [0.15, 0.2) is 0 Å². The number of nitrogens with one attached hydrogen (secondary N) is 1. The third-order valence-corrected chi connectivity index (χ3v) is 3.48. The van der Waals surface area contributed by atoms with Crippen LogP contribution in [0.5, 0.6) is 0 Å². The van der Waals surface area contributed by atoms with Gasteiger partial charge >= 0.3 is 0 Å². The molecule has 0 spiro atoms. The van der Waals surface area contributed by atoms with Crippen molar-refractivity contribution >= 4 is 11.7 Å². The largest absolute Gasteiger partial charge is 0.409 e. The summed E-state index contributed by atoms with van der Waals surface area (Å²) in [6.07, 6.45) is 0. The first-order valence-corrected chi connectivity index (χ1v) is 6.40. The molecular formula is C14H19N3O3. The minimum atomic E-state index is -0.607. The number of amides is 1. The zero-order valence-electron chi connectivity index (χ0n) is 11.6. The van der Waals surface area contributed by atoms with Crippen LogP contribution in [0.25, 0.3) is 0 Å². The smallest absolute Gasteiger partial charge is 0.251 e. The topological polar surface area (TPSA) is 96.9 Å². The van der Waals surface area contributed by atoms with Gasteiger partial charge < -0.3 is 21.0 Å². The number of nitrogens with zero attached hydrogens (tertiary/aromatic N) is 1. The summed E-state index contributed by atoms with van der Waals surface area (Å²) >= 11 is 0. The highest BCUT2D eigenvalue weighted by Gasteiger charge is 2.24. The Hall–Kier alpha value is -2.08. The second-order valence-corrected chi connectivity index (χ2v) is 5.53. The minimum absolute atomic E-state index is 0.0835. The van der Waals surface area contributed by atoms with Crippen molar-refractivity contribution in [2.75, 3.05) is 6.54 Å². The molecule has 6 heteroatoms. The maximum Gasteiger partial charge on any atom is 0.251 e. The molecule has 1 aliphatic heterocycles. The number of amidine groups is 1. The predicted molar refractivity (Wildman–Crippen MR) is 74.5 cm³/mol. The Labute approximate surface area is 117 Å². The summed E-state index contributed by atoms with van der Waals surface area (Å²) in [4.78, 5) is 12.1. The van der Waals surface area contributed by atoms with Gasteiger partial charge in [-0.15, -0.1) is 0 Å². The number of hydrogen-bond donors (Lipinski definition) is 3. The van der Waals surface area contributed by atoms with Crippen molar-refractivity contribution in [1.29, 1.82) is 0 Å². The van der Waals surface area contributed by atoms with Crippen molar-refractivity contribution in [3.63, 3.8) is 0 Å². The number of carbonyl (C=O) groups is 1. The van der Waals surface area contributed by atoms with Crippen molar-refractivity contribution in [1.82, 2.24) is 5.32 Å². The van der Waals surface area contributed by atoms with Crippen LogP contribution < -0.4 is 11.1 Å². The Bertz CT molecular complexity index is 553. The molecule has 20 heavy (non-hydrogen) atoms. The Morgan fingerprint density at radius 2 is 2.15 bits per heavy atom. The average Bonchev–Trinajstić information content (AvgIpc) is 2.91. The summed E-state index contributed by atoms with van der Waals surface area (Å²) in [5.74, 6) is -0.0985. The summed E-state index contributed by atoms with van der Waals surface area (Å²) in [5, 5.41) is 14.5. The molecule has 0 aromatic heterocycles. The highest BCUT2D eigenvalue weighted by molar-refractivity contribution is 5.95. The summed E-state index contributed by atoms with van der Waals surface area (Å²) in [6.45, 7) is 5.02. The quantitative estimate of drug-likeness (QED) is 0.333. The standard InChI is InChI=1S/C14H19N3O3/c1-14(2,13(15)17-19)8-16-12(18)9-3-4-10-6-20-7-11(10)5-9/h3-5,19H,6-8H2,1-2H3,(H2,15,17)(H,16,18). The molecule has 6 nitrogen and oxygen atoms in total. The molecule has 0 fully saturated rings. The normalized spacial score (nSPS) is 15.0. The Kier molecular flexibility index (Phi) is 3.94. The Morgan fingerprint density at radius 3 is 2.85 bits per heavy atom. The van der Waals surface area contributed by atoms with Crippen molar-refractivity contribution in [3.05, 3.63) is 34.9 Å². The molecule has 1 aliphatic rings. The van der Waals surface area contributed by atoms with Gasteiger partial charge in [-0.1, -0.05) is 25.1 Å². The fraction of sp³-hybridized carbons (Fsp3) is 0.429. The van der Waals surface area contributed by atoms with Crippen LogP contribution in [0.2, 0.25) is 0 Å². The van der Waals surface area contributed by atoms with Gasteiger partial charge in [-0.25, -0.2) is 0 Å². The van der Waals surface area contributed by atoms with Gasteiger partial charge in [0, 0.05) is 17.5 Å². The van der Waals surface area contributed by atoms with E-state index < -0.39 is 5.41 Å². The molecule has 0 atom stereocenters. The van der Waals surface area contributed by atoms with E-state index in [-0.39, 0.29) is 18.3 Å². The molecular weight excluding hydrogens is 258 g/mol. The van der Waals surface area contributed by atoms with Crippen LogP contribution in [0.1, 0.15) is 35.3 Å². The van der Waals surface area contributed by atoms with Crippen molar-refractivity contribution in [2.24, 2.45) is 16.3 Å². The van der Waals surface area contributed by atoms with Crippen LogP contribution in [-0.2, 0) is 18.0 Å². The number of fused-ring (bicyclic) bond motifs is 1. The molecule has 0 saturated carbocycles. The van der Waals surface area contributed by atoms with Crippen molar-refractivity contribution in [3.8, 4) is 0 Å². The second kappa shape index (κ2) is 5.50. The Balaban J connectivity index is 2.02. The molecule has 1 aromatic rings. The first kappa shape index (κ1) is 14.3. The molecule has 1 amide bonds. The molecule has 4 N–H and O–H groups in total. The molecule has 0 saturated heterocycles. The number of nitrogens with two attached hydrogens (primary N) is 1. The van der Waals surface area contributed by atoms with Gasteiger partial charge in [0.1, 0.15) is 5.84 Å². The van der Waals surface area contributed by atoms with Crippen LogP contribution >= 0.6 is 0 Å². The molecule has 2 rings (SSSR count). The SMILES string of the molecule is CC(C)(CNC(=O)c1ccc2c(c1)COC2)/C(N)=N/O. The lowest BCUT2D eigenvalue weighted by molar-refractivity contribution is 0.0944. The van der Waals surface area contributed by atoms with Gasteiger partial charge in [0.05, 0.1) is 13.2 Å². The van der Waals surface area contributed by atoms with Crippen molar-refractivity contribution in [2.45, 2.75) is 27.1 Å². The fourth-order valence-corrected chi connectivity index (χ4v) is 1.94. The monoisotopic (exact) mass is 277 g/mol. The maximum atomic E-state index is 12.1. The number of rotatable bonds is 4. The number of ether oxygens (including phenoxy) is 1. The van der Waals surface area contributed by atoms with Crippen LogP contribution in [0, 0.1) is 5.41 Å². The number of carbonyl (C=O) groups excluding carboxylic acids is 1. The third kappa shape index (κ3) is 2.91. The van der Waals surface area contributed by atoms with Gasteiger partial charge in [-0.05, 0) is 23.3 Å². The van der Waals surface area contributed by atoms with Crippen LogP contribution in [0.4, 0.5) is 0 Å². The lowest BCUT2D eigenvalue weighted by Crippen LogP contribution is -2.42. The summed E-state index contributed by atoms with van der Waals surface area (Å²) in [6, 6.07) is 5.53. The fourth-order valence-electron chi connectivity index (χ4n) is 1.94. The van der Waals surface area contributed by atoms with Gasteiger partial charge in [0.25, 0.3) is 5.91 Å². The van der Waals surface area contributed by atoms with E-state index in [0.717, 1.165) is 11.1 Å². The van der Waals surface area contributed by atoms with Gasteiger partial charge in [-0.3, -0.25) is 4.79 Å². The van der Waals surface area contributed by atoms with E-state index in [1.54, 1.807) is 19.9 Å². The van der Waals surface area contributed by atoms with Gasteiger partial charge in [-0.2, -0.15) is 0 Å². The van der Waals surface area contributed by atoms with E-state index in [1.807, 2.05) is 12.1 Å². The molecule has 0 unspecified atom stereocenters. The average molecular weight is 277 g/mol. The lowest BCUT2D eigenvalue weighted by atomic mass is 9.92. The predicted octanol–water partition coefficient (Wildman–Crippen LogP) is 1.22. The van der Waals surface area contributed by atoms with E-state index in [0.29, 0.717) is 18.8 Å². The first-order valence-electron chi connectivity index (χ1n) is 6.40. The van der Waals surface area contributed by atoms with E-state index >= 15 is 0 Å². The molecule has 1 aromatic carbocycles. The van der Waals surface area contributed by atoms with E-state index in [9.17, 15) is 4.79 Å². The highest BCUT2D eigenvalue weighted by atomic mass is 16.5. The van der Waals surface area contributed by atoms with Crippen LogP contribution in [-0.4, -0.2) is 23.5 Å². The zero-order valence-corrected chi connectivity index (χ0v) is 11.6. The van der Waals surface area contributed by atoms with Gasteiger partial charge in [0.2, 0.25) is 0 Å². The number of oxime groups is 1. The summed E-state index contributed by atoms with van der Waals surface area (Å²) in [5.41, 5.74) is 7.74. The third-order valence-electron chi connectivity index (χ3n) is 3.48. The molecule has 0 aliphatic carbocycles. The van der Waals surface area contributed by atoms with E-state index in [4.69, 9.17) is 15.7 Å². The molecule has 0 radical (unpaired) electrons. The number of benzene rings is 1. The Morgan fingerprint density at radius 1 is 1.45 bits per heavy atom. The molecule has 1 heterocycles. The summed E-state index contributed by atoms with van der Waals surface area (Å²) < 4.78 is 5.32. The van der Waals surface area contributed by atoms with E-state index in [1.165, 1.54) is 0 Å². The summed E-state index contributed by atoms with van der Waals surface area (Å²) in [7, 11) is 0. The van der Waals surface area contributed by atoms with Crippen LogP contribution in [0.15, 0.2) is 23.4 Å². The highest BCUT2D eigenvalue weighted by Crippen LogP contribution is 2.21.